The highest BCUT2D eigenvalue weighted by Crippen LogP contribution is 2.55. The fraction of sp³-hybridized carbons (Fsp3) is 0.286. The van der Waals surface area contributed by atoms with Crippen molar-refractivity contribution >= 4 is 95.0 Å². The van der Waals surface area contributed by atoms with Gasteiger partial charge in [0.2, 0.25) is 0 Å². The Labute approximate surface area is 452 Å². The van der Waals surface area contributed by atoms with Crippen molar-refractivity contribution in [1.29, 1.82) is 0 Å². The molecule has 1 aliphatic carbocycles. The van der Waals surface area contributed by atoms with Crippen LogP contribution in [0.3, 0.4) is 0 Å². The molecule has 0 radical (unpaired) electrons. The molecule has 0 saturated heterocycles. The van der Waals surface area contributed by atoms with E-state index in [2.05, 4.69) is 281 Å². The third kappa shape index (κ3) is 8.24. The molecule has 0 unspecified atom stereocenters. The van der Waals surface area contributed by atoms with Crippen LogP contribution in [0.5, 0.6) is 0 Å². The number of para-hydroxylation sites is 2. The van der Waals surface area contributed by atoms with Crippen LogP contribution in [-0.2, 0) is 27.1 Å². The molecule has 0 amide bonds. The third-order valence-electron chi connectivity index (χ3n) is 17.0. The van der Waals surface area contributed by atoms with Gasteiger partial charge in [0.05, 0.1) is 17.1 Å². The molecule has 3 heterocycles. The van der Waals surface area contributed by atoms with E-state index in [-0.39, 0.29) is 33.8 Å². The summed E-state index contributed by atoms with van der Waals surface area (Å²) in [5, 5.41) is 1.34. The van der Waals surface area contributed by atoms with Gasteiger partial charge in [-0.1, -0.05) is 187 Å². The quantitative estimate of drug-likeness (QED) is 0.154. The van der Waals surface area contributed by atoms with Crippen molar-refractivity contribution in [1.82, 2.24) is 0 Å². The first kappa shape index (κ1) is 49.1. The van der Waals surface area contributed by atoms with Gasteiger partial charge in [-0.3, -0.25) is 0 Å². The summed E-state index contributed by atoms with van der Waals surface area (Å²) in [6, 6.07) is 67.6. The van der Waals surface area contributed by atoms with Gasteiger partial charge >= 0.3 is 0 Å². The predicted molar refractivity (Wildman–Crippen MR) is 327 cm³/mol. The van der Waals surface area contributed by atoms with Gasteiger partial charge in [0.15, 0.2) is 0 Å². The highest BCUT2D eigenvalue weighted by Gasteiger charge is 2.48. The first-order valence-corrected chi connectivity index (χ1v) is 28.1. The lowest BCUT2D eigenvalue weighted by Crippen LogP contribution is -2.60. The van der Waals surface area contributed by atoms with Gasteiger partial charge in [-0.15, -0.1) is 11.3 Å². The molecule has 3 nitrogen and oxygen atoms in total. The number of fused-ring (bicyclic) bond motifs is 7. The van der Waals surface area contributed by atoms with Gasteiger partial charge in [-0.25, -0.2) is 0 Å². The molecular formula is C70H72BN3S. The minimum absolute atomic E-state index is 0.0106. The minimum atomic E-state index is -0.0631. The van der Waals surface area contributed by atoms with Gasteiger partial charge < -0.3 is 14.7 Å². The van der Waals surface area contributed by atoms with Crippen LogP contribution in [0, 0.1) is 0 Å². The van der Waals surface area contributed by atoms with Crippen molar-refractivity contribution in [3.63, 3.8) is 0 Å². The Bertz CT molecular complexity index is 3620. The summed E-state index contributed by atoms with van der Waals surface area (Å²) in [6.45, 7) is 30.9. The van der Waals surface area contributed by atoms with Crippen LogP contribution in [0.25, 0.3) is 21.2 Å². The van der Waals surface area contributed by atoms with E-state index in [0.717, 1.165) is 29.2 Å². The zero-order valence-electron chi connectivity index (χ0n) is 46.5. The predicted octanol–water partition coefficient (Wildman–Crippen LogP) is 18.4. The average Bonchev–Trinajstić information content (AvgIpc) is 3.75. The Hall–Kier alpha value is -6.82. The molecule has 0 saturated carbocycles. The number of hydrogen-bond acceptors (Lipinski definition) is 4. The number of thiophene rings is 1. The Morgan fingerprint density at radius 2 is 0.960 bits per heavy atom. The molecule has 3 aliphatic rings. The number of anilines is 9. The van der Waals surface area contributed by atoms with E-state index in [1.165, 1.54) is 99.6 Å². The second kappa shape index (κ2) is 17.4. The minimum Gasteiger partial charge on any atom is -0.311 e. The summed E-state index contributed by atoms with van der Waals surface area (Å²) >= 11 is 2.03. The van der Waals surface area contributed by atoms with Crippen molar-refractivity contribution < 1.29 is 0 Å². The normalized spacial score (nSPS) is 15.6. The Kier molecular flexibility index (Phi) is 11.4. The zero-order chi connectivity index (χ0) is 52.6. The summed E-state index contributed by atoms with van der Waals surface area (Å²) in [4.78, 5) is 7.79. The zero-order valence-corrected chi connectivity index (χ0v) is 47.3. The smallest absolute Gasteiger partial charge is 0.264 e. The van der Waals surface area contributed by atoms with E-state index in [0.29, 0.717) is 0 Å². The molecule has 0 bridgehead atoms. The van der Waals surface area contributed by atoms with Crippen LogP contribution in [0.1, 0.15) is 131 Å². The van der Waals surface area contributed by atoms with Crippen LogP contribution >= 0.6 is 11.3 Å². The van der Waals surface area contributed by atoms with Crippen molar-refractivity contribution in [2.45, 2.75) is 130 Å². The van der Waals surface area contributed by atoms with Crippen molar-refractivity contribution in [3.8, 4) is 11.1 Å². The molecule has 9 aromatic rings. The summed E-state index contributed by atoms with van der Waals surface area (Å²) in [5.41, 5.74) is 22.7. The molecule has 1 aromatic heterocycles. The molecule has 0 spiro atoms. The number of hydrogen-bond donors (Lipinski definition) is 0. The van der Waals surface area contributed by atoms with Gasteiger partial charge in [-0.05, 0) is 163 Å². The van der Waals surface area contributed by atoms with Gasteiger partial charge in [0, 0.05) is 54.6 Å². The van der Waals surface area contributed by atoms with E-state index in [1.54, 1.807) is 0 Å². The van der Waals surface area contributed by atoms with E-state index in [9.17, 15) is 0 Å². The maximum Gasteiger partial charge on any atom is 0.264 e. The Morgan fingerprint density at radius 1 is 0.467 bits per heavy atom. The first-order valence-electron chi connectivity index (χ1n) is 27.3. The average molecular weight is 998 g/mol. The lowest BCUT2D eigenvalue weighted by molar-refractivity contribution is 0.332. The highest BCUT2D eigenvalue weighted by atomic mass is 32.1. The maximum atomic E-state index is 2.72. The van der Waals surface area contributed by atoms with Crippen molar-refractivity contribution in [3.05, 3.63) is 204 Å². The molecule has 0 fully saturated rings. The number of nitrogens with zero attached hydrogens (tertiary/aromatic N) is 3. The summed E-state index contributed by atoms with van der Waals surface area (Å²) in [7, 11) is 0. The largest absolute Gasteiger partial charge is 0.311 e. The second-order valence-corrected chi connectivity index (χ2v) is 27.2. The topological polar surface area (TPSA) is 9.72 Å². The van der Waals surface area contributed by atoms with Crippen molar-refractivity contribution in [2.24, 2.45) is 0 Å². The lowest BCUT2D eigenvalue weighted by atomic mass is 9.36. The van der Waals surface area contributed by atoms with Crippen molar-refractivity contribution in [2.75, 3.05) is 14.7 Å². The molecule has 376 valence electrons. The highest BCUT2D eigenvalue weighted by molar-refractivity contribution is 7.33. The lowest BCUT2D eigenvalue weighted by Gasteiger charge is -2.45. The first-order chi connectivity index (χ1) is 35.6. The maximum absolute atomic E-state index is 2.72. The molecule has 0 N–H and O–H groups in total. The number of rotatable bonds is 6. The SMILES string of the molecule is CC(C)(C)c1ccc(N2c3ccc(C(C)(C)C)cc3B3c4sc5cc6c(cc5c4N(c4ccc(C(C)(C)C)cc4-c4ccccc4)c4cc(N(c5ccccc5)c5ccccc5)cc2c43)C(C)(C)CCC6(C)C)cc1. The second-order valence-electron chi connectivity index (χ2n) is 26.2. The molecular weight excluding hydrogens is 926 g/mol. The van der Waals surface area contributed by atoms with Crippen LogP contribution in [0.15, 0.2) is 176 Å². The number of benzene rings is 8. The molecule has 5 heteroatoms. The van der Waals surface area contributed by atoms with E-state index in [4.69, 9.17) is 0 Å². The molecule has 2 aliphatic heterocycles. The van der Waals surface area contributed by atoms with Gasteiger partial charge in [0.25, 0.3) is 6.71 Å². The molecule has 8 aromatic carbocycles. The van der Waals surface area contributed by atoms with E-state index >= 15 is 0 Å². The Balaban J connectivity index is 1.27. The fourth-order valence-corrected chi connectivity index (χ4v) is 13.8. The molecule has 12 rings (SSSR count). The van der Waals surface area contributed by atoms with Crippen LogP contribution in [-0.4, -0.2) is 6.71 Å². The van der Waals surface area contributed by atoms with Gasteiger partial charge in [-0.2, -0.15) is 0 Å². The van der Waals surface area contributed by atoms with E-state index < -0.39 is 0 Å². The fourth-order valence-electron chi connectivity index (χ4n) is 12.4. The van der Waals surface area contributed by atoms with E-state index in [1.807, 2.05) is 11.3 Å². The third-order valence-corrected chi connectivity index (χ3v) is 18.2. The monoisotopic (exact) mass is 998 g/mol. The van der Waals surface area contributed by atoms with Crippen LogP contribution in [0.4, 0.5) is 51.2 Å². The van der Waals surface area contributed by atoms with Crippen LogP contribution in [0.2, 0.25) is 0 Å². The Morgan fingerprint density at radius 3 is 1.52 bits per heavy atom. The molecule has 0 atom stereocenters. The van der Waals surface area contributed by atoms with Crippen LogP contribution < -0.4 is 30.4 Å². The summed E-state index contributed by atoms with van der Waals surface area (Å²) in [6.07, 6.45) is 2.33. The summed E-state index contributed by atoms with van der Waals surface area (Å²) in [5.74, 6) is 0. The molecule has 75 heavy (non-hydrogen) atoms. The standard InChI is InChI=1S/C70H72BN3S/c1-66(2,3)46-29-33-51(34-30-46)73-59-36-32-48(68(7,8)9)40-57(59)71-63-60(73)41-52(72(49-25-19-15-20-26-49)50-27-21-16-22-28-50)42-61(63)74(58-35-31-47(67(4,5)6)39-53(58)45-23-17-14-18-24-45)64-54-43-55-56(44-62(54)75-65(64)71)70(12,13)38-37-69(55,10)11/h14-36,39-44H,37-38H2,1-13H3. The summed E-state index contributed by atoms with van der Waals surface area (Å²) < 4.78 is 2.77. The van der Waals surface area contributed by atoms with Gasteiger partial charge in [0.1, 0.15) is 0 Å².